The number of likely N-dealkylation sites (tertiary alicyclic amines) is 1. The van der Waals surface area contributed by atoms with Crippen molar-refractivity contribution in [3.05, 3.63) is 101 Å². The molecule has 1 fully saturated rings. The molecule has 0 atom stereocenters. The molecule has 5 heteroatoms. The number of amides is 1. The van der Waals surface area contributed by atoms with E-state index in [1.165, 1.54) is 5.56 Å². The lowest BCUT2D eigenvalue weighted by Crippen LogP contribution is -2.48. The largest absolute Gasteiger partial charge is 0.492 e. The molecule has 0 unspecified atom stereocenters. The SMILES string of the molecule is Cc1ccc(C(=O)N2CCC3(CCCCc4ccccc4OCCN(Cc4ccccc4F)C3)CC2)cc1. The number of rotatable bonds is 3. The third kappa shape index (κ3) is 6.44. The maximum absolute atomic E-state index is 14.6. The Morgan fingerprint density at radius 3 is 2.42 bits per heavy atom. The van der Waals surface area contributed by atoms with E-state index < -0.39 is 0 Å². The first-order chi connectivity index (χ1) is 18.5. The van der Waals surface area contributed by atoms with Crippen LogP contribution in [-0.4, -0.2) is 48.5 Å². The predicted octanol–water partition coefficient (Wildman–Crippen LogP) is 6.66. The molecule has 3 aromatic carbocycles. The molecule has 200 valence electrons. The van der Waals surface area contributed by atoms with Crippen LogP contribution in [0.3, 0.4) is 0 Å². The fourth-order valence-corrected chi connectivity index (χ4v) is 6.06. The molecule has 2 aliphatic heterocycles. The summed E-state index contributed by atoms with van der Waals surface area (Å²) >= 11 is 0. The van der Waals surface area contributed by atoms with E-state index in [9.17, 15) is 9.18 Å². The smallest absolute Gasteiger partial charge is 0.253 e. The number of halogens is 1. The van der Waals surface area contributed by atoms with Crippen LogP contribution in [0.5, 0.6) is 5.75 Å². The van der Waals surface area contributed by atoms with Gasteiger partial charge in [0, 0.05) is 43.9 Å². The van der Waals surface area contributed by atoms with Crippen molar-refractivity contribution in [2.45, 2.75) is 52.0 Å². The summed E-state index contributed by atoms with van der Waals surface area (Å²) in [6.45, 7) is 6.32. The van der Waals surface area contributed by atoms with Gasteiger partial charge >= 0.3 is 0 Å². The van der Waals surface area contributed by atoms with Crippen LogP contribution >= 0.6 is 0 Å². The van der Waals surface area contributed by atoms with Gasteiger partial charge in [-0.25, -0.2) is 4.39 Å². The van der Waals surface area contributed by atoms with Crippen LogP contribution in [0.4, 0.5) is 4.39 Å². The zero-order valence-corrected chi connectivity index (χ0v) is 22.5. The predicted molar refractivity (Wildman–Crippen MR) is 150 cm³/mol. The fourth-order valence-electron chi connectivity index (χ4n) is 6.06. The highest BCUT2D eigenvalue weighted by atomic mass is 19.1. The van der Waals surface area contributed by atoms with E-state index in [2.05, 4.69) is 23.1 Å². The van der Waals surface area contributed by atoms with Gasteiger partial charge in [-0.2, -0.15) is 0 Å². The third-order valence-electron chi connectivity index (χ3n) is 8.36. The van der Waals surface area contributed by atoms with E-state index >= 15 is 0 Å². The van der Waals surface area contributed by atoms with Gasteiger partial charge in [0.25, 0.3) is 5.91 Å². The Labute approximate surface area is 226 Å². The molecule has 0 radical (unpaired) electrons. The lowest BCUT2D eigenvalue weighted by atomic mass is 9.73. The van der Waals surface area contributed by atoms with Crippen molar-refractivity contribution in [1.29, 1.82) is 0 Å². The van der Waals surface area contributed by atoms with Crippen LogP contribution in [0, 0.1) is 18.2 Å². The Hall–Kier alpha value is -3.18. The van der Waals surface area contributed by atoms with Crippen LogP contribution < -0.4 is 4.74 Å². The summed E-state index contributed by atoms with van der Waals surface area (Å²) in [5.74, 6) is 0.940. The monoisotopic (exact) mass is 514 g/mol. The molecule has 0 aliphatic carbocycles. The number of fused-ring (bicyclic) bond motifs is 1. The van der Waals surface area contributed by atoms with Crippen LogP contribution in [0.25, 0.3) is 0 Å². The molecular weight excluding hydrogens is 475 g/mol. The molecule has 38 heavy (non-hydrogen) atoms. The van der Waals surface area contributed by atoms with Gasteiger partial charge in [0.05, 0.1) is 0 Å². The van der Waals surface area contributed by atoms with E-state index in [0.717, 1.165) is 87.1 Å². The first kappa shape index (κ1) is 26.4. The van der Waals surface area contributed by atoms with Gasteiger partial charge in [0.2, 0.25) is 0 Å². The summed E-state index contributed by atoms with van der Waals surface area (Å²) in [7, 11) is 0. The molecule has 0 saturated carbocycles. The highest BCUT2D eigenvalue weighted by Gasteiger charge is 2.37. The molecule has 0 bridgehead atoms. The fraction of sp³-hybridized carbons (Fsp3) is 0.424. The molecule has 2 heterocycles. The normalized spacial score (nSPS) is 18.6. The summed E-state index contributed by atoms with van der Waals surface area (Å²) < 4.78 is 20.9. The molecule has 0 aromatic heterocycles. The highest BCUT2D eigenvalue weighted by molar-refractivity contribution is 5.94. The number of hydrogen-bond donors (Lipinski definition) is 0. The Balaban J connectivity index is 1.34. The maximum Gasteiger partial charge on any atom is 0.253 e. The van der Waals surface area contributed by atoms with Gasteiger partial charge < -0.3 is 9.64 Å². The van der Waals surface area contributed by atoms with Crippen molar-refractivity contribution in [3.63, 3.8) is 0 Å². The number of hydrogen-bond acceptors (Lipinski definition) is 3. The Bertz CT molecular complexity index is 1220. The quantitative estimate of drug-likeness (QED) is 0.392. The molecule has 4 nitrogen and oxygen atoms in total. The second kappa shape index (κ2) is 12.1. The number of carbonyl (C=O) groups is 1. The van der Waals surface area contributed by atoms with Gasteiger partial charge in [0.1, 0.15) is 18.2 Å². The second-order valence-corrected chi connectivity index (χ2v) is 11.1. The Morgan fingerprint density at radius 2 is 1.63 bits per heavy atom. The zero-order valence-electron chi connectivity index (χ0n) is 22.5. The van der Waals surface area contributed by atoms with Crippen molar-refractivity contribution in [2.75, 3.05) is 32.8 Å². The molecule has 1 saturated heterocycles. The van der Waals surface area contributed by atoms with E-state index in [1.807, 2.05) is 54.3 Å². The van der Waals surface area contributed by atoms with E-state index in [4.69, 9.17) is 4.74 Å². The first-order valence-electron chi connectivity index (χ1n) is 14.0. The maximum atomic E-state index is 14.6. The lowest BCUT2D eigenvalue weighted by molar-refractivity contribution is 0.0359. The van der Waals surface area contributed by atoms with Crippen LogP contribution in [-0.2, 0) is 13.0 Å². The van der Waals surface area contributed by atoms with E-state index in [-0.39, 0.29) is 17.1 Å². The third-order valence-corrected chi connectivity index (χ3v) is 8.36. The van der Waals surface area contributed by atoms with Crippen molar-refractivity contribution in [1.82, 2.24) is 9.80 Å². The van der Waals surface area contributed by atoms with Gasteiger partial charge in [-0.3, -0.25) is 9.69 Å². The number of para-hydroxylation sites is 1. The Kier molecular flexibility index (Phi) is 8.43. The number of aryl methyl sites for hydroxylation is 2. The van der Waals surface area contributed by atoms with Gasteiger partial charge in [-0.15, -0.1) is 0 Å². The minimum atomic E-state index is -0.155. The van der Waals surface area contributed by atoms with Crippen LogP contribution in [0.1, 0.15) is 59.2 Å². The van der Waals surface area contributed by atoms with Crippen molar-refractivity contribution >= 4 is 5.91 Å². The first-order valence-corrected chi connectivity index (χ1v) is 14.0. The number of piperidine rings is 1. The average molecular weight is 515 g/mol. The summed E-state index contributed by atoms with van der Waals surface area (Å²) in [6.07, 6.45) is 6.32. The van der Waals surface area contributed by atoms with Crippen LogP contribution in [0.15, 0.2) is 72.8 Å². The Morgan fingerprint density at radius 1 is 0.895 bits per heavy atom. The number of carbonyl (C=O) groups excluding carboxylic acids is 1. The van der Waals surface area contributed by atoms with E-state index in [1.54, 1.807) is 12.1 Å². The van der Waals surface area contributed by atoms with Gasteiger partial charge in [-0.1, -0.05) is 60.5 Å². The second-order valence-electron chi connectivity index (χ2n) is 11.1. The molecular formula is C33H39FN2O2. The van der Waals surface area contributed by atoms with Crippen molar-refractivity contribution < 1.29 is 13.9 Å². The van der Waals surface area contributed by atoms with Crippen molar-refractivity contribution in [2.24, 2.45) is 5.41 Å². The van der Waals surface area contributed by atoms with Crippen LogP contribution in [0.2, 0.25) is 0 Å². The number of nitrogens with zero attached hydrogens (tertiary/aromatic N) is 2. The molecule has 2 aliphatic rings. The molecule has 1 spiro atoms. The summed E-state index contributed by atoms with van der Waals surface area (Å²) in [5.41, 5.74) is 4.02. The van der Waals surface area contributed by atoms with E-state index in [0.29, 0.717) is 13.2 Å². The summed E-state index contributed by atoms with van der Waals surface area (Å²) in [5, 5.41) is 0. The van der Waals surface area contributed by atoms with Gasteiger partial charge in [-0.05, 0) is 74.3 Å². The van der Waals surface area contributed by atoms with Gasteiger partial charge in [0.15, 0.2) is 0 Å². The van der Waals surface area contributed by atoms with Crippen molar-refractivity contribution in [3.8, 4) is 5.75 Å². The minimum absolute atomic E-state index is 0.105. The lowest BCUT2D eigenvalue weighted by Gasteiger charge is -2.45. The molecule has 3 aromatic rings. The molecule has 5 rings (SSSR count). The summed E-state index contributed by atoms with van der Waals surface area (Å²) in [4.78, 5) is 17.6. The highest BCUT2D eigenvalue weighted by Crippen LogP contribution is 2.39. The minimum Gasteiger partial charge on any atom is -0.492 e. The number of benzene rings is 3. The number of ether oxygens (including phenoxy) is 1. The average Bonchev–Trinajstić information content (AvgIpc) is 2.93. The topological polar surface area (TPSA) is 32.8 Å². The molecule has 0 N–H and O–H groups in total. The standard InChI is InChI=1S/C33H39FN2O2/c1-26-13-15-28(16-14-26)32(37)36-20-18-33(19-21-36)17-7-6-9-27-8-3-5-12-31(27)38-23-22-35(25-33)24-29-10-2-4-11-30(29)34/h2-5,8,10-16H,6-7,9,17-25H2,1H3. The zero-order chi connectivity index (χ0) is 26.4. The molecule has 1 amide bonds. The summed E-state index contributed by atoms with van der Waals surface area (Å²) in [6, 6.07) is 23.3.